The molecule has 1 aliphatic rings. The third kappa shape index (κ3) is 1.74. The van der Waals surface area contributed by atoms with Gasteiger partial charge in [-0.25, -0.2) is 4.98 Å². The van der Waals surface area contributed by atoms with Crippen LogP contribution < -0.4 is 5.73 Å². The molecule has 2 aromatic rings. The zero-order valence-electron chi connectivity index (χ0n) is 9.27. The Kier molecular flexibility index (Phi) is 2.44. The number of carbonyl (C=O) groups is 1. The predicted octanol–water partition coefficient (Wildman–Crippen LogP) is 2.40. The van der Waals surface area contributed by atoms with Crippen LogP contribution in [0.15, 0.2) is 24.3 Å². The minimum absolute atomic E-state index is 0.423. The average molecular weight is 244 g/mol. The fourth-order valence-electron chi connectivity index (χ4n) is 2.24. The van der Waals surface area contributed by atoms with E-state index in [0.29, 0.717) is 5.01 Å². The first kappa shape index (κ1) is 10.5. The number of hydrogen-bond acceptors (Lipinski definition) is 3. The van der Waals surface area contributed by atoms with E-state index >= 15 is 0 Å². The third-order valence-electron chi connectivity index (χ3n) is 3.03. The third-order valence-corrected chi connectivity index (χ3v) is 4.18. The summed E-state index contributed by atoms with van der Waals surface area (Å²) in [5, 5.41) is 0.423. The number of nitrogens with two attached hydrogens (primary N) is 1. The zero-order valence-corrected chi connectivity index (χ0v) is 10.1. The summed E-state index contributed by atoms with van der Waals surface area (Å²) >= 11 is 1.41. The molecule has 0 spiro atoms. The zero-order chi connectivity index (χ0) is 11.8. The molecule has 1 heterocycles. The fraction of sp³-hybridized carbons (Fsp3) is 0.231. The Hall–Kier alpha value is -1.68. The first-order valence-electron chi connectivity index (χ1n) is 5.63. The molecule has 3 nitrogen and oxygen atoms in total. The Balaban J connectivity index is 2.21. The maximum Gasteiger partial charge on any atom is 0.277 e. The van der Waals surface area contributed by atoms with Crippen LogP contribution in [0.5, 0.6) is 0 Å². The van der Waals surface area contributed by atoms with Gasteiger partial charge in [0, 0.05) is 0 Å². The largest absolute Gasteiger partial charge is 0.364 e. The van der Waals surface area contributed by atoms with E-state index in [0.717, 1.165) is 29.8 Å². The number of thiazole rings is 1. The van der Waals surface area contributed by atoms with Gasteiger partial charge in [0.25, 0.3) is 5.91 Å². The first-order chi connectivity index (χ1) is 8.25. The quantitative estimate of drug-likeness (QED) is 0.837. The topological polar surface area (TPSA) is 56.0 Å². The number of hydrogen-bond donors (Lipinski definition) is 1. The van der Waals surface area contributed by atoms with E-state index in [4.69, 9.17) is 5.73 Å². The fourth-order valence-corrected chi connectivity index (χ4v) is 3.27. The van der Waals surface area contributed by atoms with Gasteiger partial charge in [0.1, 0.15) is 0 Å². The Morgan fingerprint density at radius 1 is 1.29 bits per heavy atom. The molecule has 0 saturated heterocycles. The molecule has 0 atom stereocenters. The van der Waals surface area contributed by atoms with E-state index in [1.165, 1.54) is 22.5 Å². The summed E-state index contributed by atoms with van der Waals surface area (Å²) in [5.41, 5.74) is 8.87. The summed E-state index contributed by atoms with van der Waals surface area (Å²) in [6.07, 6.45) is 3.07. The SMILES string of the molecule is NC(=O)c1nc2c(s1)-c1ccccc1CCC2. The highest BCUT2D eigenvalue weighted by atomic mass is 32.1. The molecule has 1 amide bonds. The average Bonchev–Trinajstić information content (AvgIpc) is 2.67. The number of rotatable bonds is 1. The van der Waals surface area contributed by atoms with Crippen molar-refractivity contribution in [2.24, 2.45) is 5.73 Å². The van der Waals surface area contributed by atoms with Crippen LogP contribution >= 0.6 is 11.3 Å². The van der Waals surface area contributed by atoms with E-state index < -0.39 is 5.91 Å². The second-order valence-corrected chi connectivity index (χ2v) is 5.17. The van der Waals surface area contributed by atoms with E-state index in [1.54, 1.807) is 0 Å². The highest BCUT2D eigenvalue weighted by Crippen LogP contribution is 2.36. The van der Waals surface area contributed by atoms with Gasteiger partial charge in [0.15, 0.2) is 5.01 Å². The molecule has 0 saturated carbocycles. The number of amides is 1. The molecule has 4 heteroatoms. The number of aromatic nitrogens is 1. The molecule has 2 N–H and O–H groups in total. The maximum atomic E-state index is 11.2. The lowest BCUT2D eigenvalue weighted by atomic mass is 10.0. The van der Waals surface area contributed by atoms with E-state index in [9.17, 15) is 4.79 Å². The van der Waals surface area contributed by atoms with Crippen LogP contribution in [0, 0.1) is 0 Å². The van der Waals surface area contributed by atoms with Gasteiger partial charge >= 0.3 is 0 Å². The molecule has 1 aromatic heterocycles. The number of benzene rings is 1. The van der Waals surface area contributed by atoms with Gasteiger partial charge in [0.05, 0.1) is 10.6 Å². The monoisotopic (exact) mass is 244 g/mol. The van der Waals surface area contributed by atoms with Crippen molar-refractivity contribution in [3.63, 3.8) is 0 Å². The van der Waals surface area contributed by atoms with E-state index in [2.05, 4.69) is 23.2 Å². The number of carbonyl (C=O) groups excluding carboxylic acids is 1. The highest BCUT2D eigenvalue weighted by Gasteiger charge is 2.20. The van der Waals surface area contributed by atoms with Crippen molar-refractivity contribution in [2.45, 2.75) is 19.3 Å². The van der Waals surface area contributed by atoms with Crippen molar-refractivity contribution in [3.8, 4) is 10.4 Å². The lowest BCUT2D eigenvalue weighted by Gasteiger charge is -2.03. The van der Waals surface area contributed by atoms with Crippen molar-refractivity contribution in [2.75, 3.05) is 0 Å². The van der Waals surface area contributed by atoms with Gasteiger partial charge in [-0.3, -0.25) is 4.79 Å². The van der Waals surface area contributed by atoms with Gasteiger partial charge in [-0.1, -0.05) is 24.3 Å². The van der Waals surface area contributed by atoms with Gasteiger partial charge < -0.3 is 5.73 Å². The van der Waals surface area contributed by atoms with Gasteiger partial charge in [-0.15, -0.1) is 11.3 Å². The molecule has 1 aromatic carbocycles. The molecule has 0 fully saturated rings. The molecular weight excluding hydrogens is 232 g/mol. The summed E-state index contributed by atoms with van der Waals surface area (Å²) in [7, 11) is 0. The van der Waals surface area contributed by atoms with Crippen molar-refractivity contribution in [3.05, 3.63) is 40.5 Å². The van der Waals surface area contributed by atoms with Crippen LogP contribution in [-0.2, 0) is 12.8 Å². The molecule has 0 unspecified atom stereocenters. The Labute approximate surface area is 103 Å². The molecule has 1 aliphatic carbocycles. The van der Waals surface area contributed by atoms with Crippen molar-refractivity contribution in [1.82, 2.24) is 4.98 Å². The summed E-state index contributed by atoms with van der Waals surface area (Å²) in [4.78, 5) is 16.7. The molecule has 0 aliphatic heterocycles. The van der Waals surface area contributed by atoms with Gasteiger partial charge in [0.2, 0.25) is 0 Å². The van der Waals surface area contributed by atoms with Gasteiger partial charge in [-0.2, -0.15) is 0 Å². The highest BCUT2D eigenvalue weighted by molar-refractivity contribution is 7.17. The second-order valence-electron chi connectivity index (χ2n) is 4.17. The molecule has 0 bridgehead atoms. The predicted molar refractivity (Wildman–Crippen MR) is 68.1 cm³/mol. The van der Waals surface area contributed by atoms with Crippen LogP contribution in [0.4, 0.5) is 0 Å². The summed E-state index contributed by atoms with van der Waals surface area (Å²) in [5.74, 6) is -0.430. The van der Waals surface area contributed by atoms with Crippen molar-refractivity contribution < 1.29 is 4.79 Å². The van der Waals surface area contributed by atoms with Crippen LogP contribution in [0.2, 0.25) is 0 Å². The summed E-state index contributed by atoms with van der Waals surface area (Å²) in [6.45, 7) is 0. The summed E-state index contributed by atoms with van der Waals surface area (Å²) in [6, 6.07) is 8.33. The number of aryl methyl sites for hydroxylation is 2. The van der Waals surface area contributed by atoms with Gasteiger partial charge in [-0.05, 0) is 30.4 Å². The minimum atomic E-state index is -0.430. The van der Waals surface area contributed by atoms with Crippen LogP contribution in [0.25, 0.3) is 10.4 Å². The van der Waals surface area contributed by atoms with Crippen molar-refractivity contribution >= 4 is 17.2 Å². The van der Waals surface area contributed by atoms with Crippen LogP contribution in [-0.4, -0.2) is 10.9 Å². The van der Waals surface area contributed by atoms with E-state index in [1.807, 2.05) is 6.07 Å². The van der Waals surface area contributed by atoms with Crippen LogP contribution in [0.3, 0.4) is 0 Å². The van der Waals surface area contributed by atoms with Crippen molar-refractivity contribution in [1.29, 1.82) is 0 Å². The molecule has 3 rings (SSSR count). The number of primary amides is 1. The van der Waals surface area contributed by atoms with E-state index in [-0.39, 0.29) is 0 Å². The second kappa shape index (κ2) is 3.96. The Morgan fingerprint density at radius 2 is 2.12 bits per heavy atom. The first-order valence-corrected chi connectivity index (χ1v) is 6.45. The maximum absolute atomic E-state index is 11.2. The standard InChI is InChI=1S/C13H12N2OS/c14-12(16)13-15-10-7-3-5-8-4-1-2-6-9(8)11(10)17-13/h1-2,4,6H,3,5,7H2,(H2,14,16). The lowest BCUT2D eigenvalue weighted by molar-refractivity contribution is 0.1000. The normalized spacial score (nSPS) is 13.6. The summed E-state index contributed by atoms with van der Waals surface area (Å²) < 4.78 is 0. The Bertz CT molecular complexity index is 589. The molecule has 0 radical (unpaired) electrons. The Morgan fingerprint density at radius 3 is 2.94 bits per heavy atom. The lowest BCUT2D eigenvalue weighted by Crippen LogP contribution is -2.10. The smallest absolute Gasteiger partial charge is 0.277 e. The molecule has 86 valence electrons. The van der Waals surface area contributed by atoms with Crippen LogP contribution in [0.1, 0.15) is 27.5 Å². The number of nitrogens with zero attached hydrogens (tertiary/aromatic N) is 1. The molecular formula is C13H12N2OS. The minimum Gasteiger partial charge on any atom is -0.364 e. The number of fused-ring (bicyclic) bond motifs is 3. The molecule has 17 heavy (non-hydrogen) atoms.